The second-order valence-electron chi connectivity index (χ2n) is 5.96. The van der Waals surface area contributed by atoms with Gasteiger partial charge in [0, 0.05) is 27.0 Å². The quantitative estimate of drug-likeness (QED) is 0.243. The molecule has 10 heteroatoms. The van der Waals surface area contributed by atoms with Gasteiger partial charge in [0.25, 0.3) is 11.6 Å². The van der Waals surface area contributed by atoms with Crippen LogP contribution in [0.5, 0.6) is 0 Å². The lowest BCUT2D eigenvalue weighted by molar-refractivity contribution is -0.384. The van der Waals surface area contributed by atoms with E-state index in [2.05, 4.69) is 21.2 Å². The summed E-state index contributed by atoms with van der Waals surface area (Å²) in [6.07, 6.45) is 0. The Labute approximate surface area is 188 Å². The van der Waals surface area contributed by atoms with E-state index in [-0.39, 0.29) is 33.4 Å². The van der Waals surface area contributed by atoms with E-state index in [0.717, 1.165) is 27.4 Å². The van der Waals surface area contributed by atoms with Crippen molar-refractivity contribution >= 4 is 61.4 Å². The molecule has 2 aromatic carbocycles. The minimum atomic E-state index is -0.667. The highest BCUT2D eigenvalue weighted by molar-refractivity contribution is 9.10. The molecule has 0 saturated heterocycles. The third-order valence-electron chi connectivity index (χ3n) is 4.06. The highest BCUT2D eigenvalue weighted by Crippen LogP contribution is 2.37. The molecule has 0 radical (unpaired) electrons. The Morgan fingerprint density at radius 3 is 2.57 bits per heavy atom. The van der Waals surface area contributed by atoms with Crippen molar-refractivity contribution in [1.82, 2.24) is 0 Å². The van der Waals surface area contributed by atoms with Crippen LogP contribution in [0, 0.1) is 10.1 Å². The number of nitrogens with zero attached hydrogens (tertiary/aromatic N) is 1. The summed E-state index contributed by atoms with van der Waals surface area (Å²) in [7, 11) is 0. The van der Waals surface area contributed by atoms with Gasteiger partial charge in [0.1, 0.15) is 15.6 Å². The summed E-state index contributed by atoms with van der Waals surface area (Å²) in [5, 5.41) is 15.7. The lowest BCUT2D eigenvalue weighted by Gasteiger charge is -2.09. The van der Waals surface area contributed by atoms with Gasteiger partial charge in [0.2, 0.25) is 0 Å². The number of thiophene rings is 1. The summed E-state index contributed by atoms with van der Waals surface area (Å²) in [5.74, 6) is -1.18. The van der Waals surface area contributed by atoms with E-state index in [1.165, 1.54) is 12.1 Å². The number of halogens is 2. The largest absolute Gasteiger partial charge is 0.462 e. The normalized spacial score (nSPS) is 10.5. The Kier molecular flexibility index (Phi) is 6.86. The molecule has 1 amide bonds. The number of esters is 1. The average molecular weight is 510 g/mol. The van der Waals surface area contributed by atoms with E-state index in [4.69, 9.17) is 16.3 Å². The zero-order valence-electron chi connectivity index (χ0n) is 15.5. The first kappa shape index (κ1) is 21.9. The van der Waals surface area contributed by atoms with E-state index in [0.29, 0.717) is 5.56 Å². The van der Waals surface area contributed by atoms with E-state index in [1.807, 2.05) is 24.3 Å². The molecule has 30 heavy (non-hydrogen) atoms. The second kappa shape index (κ2) is 9.38. The fraction of sp³-hybridized carbons (Fsp3) is 0.100. The van der Waals surface area contributed by atoms with Gasteiger partial charge in [-0.1, -0.05) is 39.7 Å². The third kappa shape index (κ3) is 4.69. The lowest BCUT2D eigenvalue weighted by Crippen LogP contribution is -2.15. The molecule has 0 aliphatic rings. The van der Waals surface area contributed by atoms with Gasteiger partial charge >= 0.3 is 5.97 Å². The Hall–Kier alpha value is -2.75. The first-order chi connectivity index (χ1) is 14.3. The van der Waals surface area contributed by atoms with Crippen LogP contribution in [0.25, 0.3) is 11.1 Å². The number of benzene rings is 2. The predicted octanol–water partition coefficient (Wildman–Crippen LogP) is 6.17. The molecule has 3 rings (SSSR count). The first-order valence-corrected chi connectivity index (χ1v) is 10.7. The van der Waals surface area contributed by atoms with Crippen LogP contribution in [0.1, 0.15) is 27.6 Å². The summed E-state index contributed by atoms with van der Waals surface area (Å²) in [4.78, 5) is 35.7. The van der Waals surface area contributed by atoms with E-state index in [9.17, 15) is 19.7 Å². The number of amides is 1. The van der Waals surface area contributed by atoms with Crippen LogP contribution in [0.4, 0.5) is 10.7 Å². The topological polar surface area (TPSA) is 98.5 Å². The van der Waals surface area contributed by atoms with Crippen molar-refractivity contribution in [2.45, 2.75) is 6.92 Å². The van der Waals surface area contributed by atoms with Gasteiger partial charge in [-0.15, -0.1) is 11.3 Å². The molecular weight excluding hydrogens is 496 g/mol. The van der Waals surface area contributed by atoms with Crippen molar-refractivity contribution in [3.05, 3.63) is 78.6 Å². The van der Waals surface area contributed by atoms with E-state index >= 15 is 0 Å². The molecule has 0 fully saturated rings. The Balaban J connectivity index is 1.98. The lowest BCUT2D eigenvalue weighted by atomic mass is 10.0. The summed E-state index contributed by atoms with van der Waals surface area (Å²) >= 11 is 10.3. The number of anilines is 1. The van der Waals surface area contributed by atoms with Crippen molar-refractivity contribution in [3.8, 4) is 11.1 Å². The van der Waals surface area contributed by atoms with E-state index in [1.54, 1.807) is 12.3 Å². The van der Waals surface area contributed by atoms with Crippen LogP contribution in [0.2, 0.25) is 5.02 Å². The molecule has 1 N–H and O–H groups in total. The molecule has 0 aliphatic heterocycles. The minimum absolute atomic E-state index is 0.0412. The van der Waals surface area contributed by atoms with Crippen molar-refractivity contribution < 1.29 is 19.2 Å². The van der Waals surface area contributed by atoms with Crippen LogP contribution in [0.3, 0.4) is 0 Å². The molecular formula is C20H14BrClN2O5S. The summed E-state index contributed by atoms with van der Waals surface area (Å²) < 4.78 is 6.05. The Morgan fingerprint density at radius 2 is 1.93 bits per heavy atom. The highest BCUT2D eigenvalue weighted by Gasteiger charge is 2.24. The number of carbonyl (C=O) groups excluding carboxylic acids is 2. The molecule has 7 nitrogen and oxygen atoms in total. The Morgan fingerprint density at radius 1 is 1.23 bits per heavy atom. The third-order valence-corrected chi connectivity index (χ3v) is 5.80. The van der Waals surface area contributed by atoms with Crippen LogP contribution in [-0.4, -0.2) is 23.4 Å². The molecule has 0 atom stereocenters. The molecule has 1 aromatic heterocycles. The molecule has 1 heterocycles. The fourth-order valence-electron chi connectivity index (χ4n) is 2.67. The molecule has 0 bridgehead atoms. The number of hydrogen-bond donors (Lipinski definition) is 1. The number of nitro groups is 1. The van der Waals surface area contributed by atoms with Crippen LogP contribution in [0.15, 0.2) is 52.3 Å². The van der Waals surface area contributed by atoms with Gasteiger partial charge in [-0.25, -0.2) is 4.79 Å². The van der Waals surface area contributed by atoms with Gasteiger partial charge in [-0.3, -0.25) is 14.9 Å². The SMILES string of the molecule is CCOC(=O)c1c(-c2ccc(Br)cc2)csc1NC(=O)c1ccc(Cl)c([N+](=O)[O-])c1. The van der Waals surface area contributed by atoms with Gasteiger partial charge < -0.3 is 10.1 Å². The van der Waals surface area contributed by atoms with Crippen molar-refractivity contribution in [1.29, 1.82) is 0 Å². The average Bonchev–Trinajstić information content (AvgIpc) is 3.12. The summed E-state index contributed by atoms with van der Waals surface area (Å²) in [5.41, 5.74) is 1.28. The number of nitrogens with one attached hydrogen (secondary N) is 1. The molecule has 0 aliphatic carbocycles. The van der Waals surface area contributed by atoms with Crippen LogP contribution >= 0.6 is 38.9 Å². The van der Waals surface area contributed by atoms with Gasteiger partial charge in [-0.05, 0) is 36.8 Å². The van der Waals surface area contributed by atoms with Crippen molar-refractivity contribution in [2.24, 2.45) is 0 Å². The number of hydrogen-bond acceptors (Lipinski definition) is 6. The van der Waals surface area contributed by atoms with Crippen molar-refractivity contribution in [3.63, 3.8) is 0 Å². The number of ether oxygens (including phenoxy) is 1. The maximum atomic E-state index is 12.7. The zero-order chi connectivity index (χ0) is 21.8. The van der Waals surface area contributed by atoms with Crippen LogP contribution < -0.4 is 5.32 Å². The smallest absolute Gasteiger partial charge is 0.341 e. The summed E-state index contributed by atoms with van der Waals surface area (Å²) in [6, 6.07) is 11.1. The highest BCUT2D eigenvalue weighted by atomic mass is 79.9. The van der Waals surface area contributed by atoms with Gasteiger partial charge in [0.05, 0.1) is 11.5 Å². The number of rotatable bonds is 6. The van der Waals surface area contributed by atoms with E-state index < -0.39 is 16.8 Å². The monoisotopic (exact) mass is 508 g/mol. The first-order valence-electron chi connectivity index (χ1n) is 8.61. The van der Waals surface area contributed by atoms with Crippen LogP contribution in [-0.2, 0) is 4.74 Å². The minimum Gasteiger partial charge on any atom is -0.462 e. The molecule has 0 spiro atoms. The van der Waals surface area contributed by atoms with Gasteiger partial charge in [0.15, 0.2) is 0 Å². The maximum Gasteiger partial charge on any atom is 0.341 e. The number of nitro benzene ring substituents is 1. The zero-order valence-corrected chi connectivity index (χ0v) is 18.6. The molecule has 0 unspecified atom stereocenters. The molecule has 154 valence electrons. The van der Waals surface area contributed by atoms with Gasteiger partial charge in [-0.2, -0.15) is 0 Å². The predicted molar refractivity (Wildman–Crippen MR) is 119 cm³/mol. The number of carbonyl (C=O) groups is 2. The molecule has 3 aromatic rings. The second-order valence-corrected chi connectivity index (χ2v) is 8.16. The standard InChI is InChI=1S/C20H14BrClN2O5S/c1-2-29-20(26)17-14(11-3-6-13(21)7-4-11)10-30-19(17)23-18(25)12-5-8-15(22)16(9-12)24(27)28/h3-10H,2H2,1H3,(H,23,25). The maximum absolute atomic E-state index is 12.7. The Bertz CT molecular complexity index is 1130. The molecule has 0 saturated carbocycles. The summed E-state index contributed by atoms with van der Waals surface area (Å²) in [6.45, 7) is 1.86. The van der Waals surface area contributed by atoms with Crippen molar-refractivity contribution in [2.75, 3.05) is 11.9 Å². The fourth-order valence-corrected chi connectivity index (χ4v) is 4.07.